The van der Waals surface area contributed by atoms with Crippen molar-refractivity contribution in [1.82, 2.24) is 24.7 Å². The number of hydrogen-bond acceptors (Lipinski definition) is 9. The highest BCUT2D eigenvalue weighted by Gasteiger charge is 2.18. The summed E-state index contributed by atoms with van der Waals surface area (Å²) in [5.41, 5.74) is 2.37. The van der Waals surface area contributed by atoms with Crippen molar-refractivity contribution < 1.29 is 14.6 Å². The quantitative estimate of drug-likeness (QED) is 0.344. The molecule has 168 valence electrons. The van der Waals surface area contributed by atoms with Gasteiger partial charge in [0.2, 0.25) is 0 Å². The summed E-state index contributed by atoms with van der Waals surface area (Å²) in [7, 11) is 3.36. The van der Waals surface area contributed by atoms with E-state index >= 15 is 0 Å². The number of hydrogen-bond donors (Lipinski definition) is 3. The molecule has 4 rings (SSSR count). The fourth-order valence-corrected chi connectivity index (χ4v) is 3.27. The second-order valence-electron chi connectivity index (χ2n) is 7.17. The Morgan fingerprint density at radius 2 is 1.88 bits per heavy atom. The van der Waals surface area contributed by atoms with Crippen LogP contribution in [0.1, 0.15) is 23.7 Å². The summed E-state index contributed by atoms with van der Waals surface area (Å²) in [5, 5.41) is 20.2. The van der Waals surface area contributed by atoms with Crippen LogP contribution in [-0.4, -0.2) is 42.7 Å². The van der Waals surface area contributed by atoms with E-state index in [1.165, 1.54) is 18.5 Å². The number of ether oxygens (including phenoxy) is 1. The number of methoxy groups -OCH3 is 1. The number of Topliss-reactive ketones (excluding diaryl/α,β-unsaturated/α-hetero) is 1. The Hall–Kier alpha value is -4.47. The number of benzene rings is 1. The zero-order valence-corrected chi connectivity index (χ0v) is 18.4. The first-order valence-electron chi connectivity index (χ1n) is 10.2. The van der Waals surface area contributed by atoms with Crippen LogP contribution in [0.3, 0.4) is 0 Å². The highest BCUT2D eigenvalue weighted by atomic mass is 16.5. The summed E-state index contributed by atoms with van der Waals surface area (Å²) in [6, 6.07) is 10.4. The van der Waals surface area contributed by atoms with Gasteiger partial charge < -0.3 is 20.5 Å². The van der Waals surface area contributed by atoms with Crippen LogP contribution in [0.4, 0.5) is 23.0 Å². The molecule has 0 unspecified atom stereocenters. The molecular formula is C23H23N7O3. The standard InChI is InChI=1S/C23H23N7O3/c1-4-19(32)16-12-25-21(28-20-9-8-14(31)11-24-20)10-18(16)27-17-7-5-6-15(22(17)33-3)23-26-13-30(2)29-23/h5-13,31H,4H2,1-3H3,(H2,24,25,27,28). The first-order chi connectivity index (χ1) is 16.0. The maximum atomic E-state index is 12.6. The number of rotatable bonds is 8. The van der Waals surface area contributed by atoms with Crippen molar-refractivity contribution in [3.63, 3.8) is 0 Å². The average Bonchev–Trinajstić information content (AvgIpc) is 3.26. The topological polar surface area (TPSA) is 127 Å². The van der Waals surface area contributed by atoms with E-state index in [0.717, 1.165) is 0 Å². The van der Waals surface area contributed by atoms with Gasteiger partial charge in [0, 0.05) is 25.7 Å². The lowest BCUT2D eigenvalue weighted by Crippen LogP contribution is -2.07. The molecule has 0 atom stereocenters. The minimum absolute atomic E-state index is 0.0548. The Morgan fingerprint density at radius 1 is 1.06 bits per heavy atom. The van der Waals surface area contributed by atoms with Gasteiger partial charge in [0.1, 0.15) is 23.7 Å². The first-order valence-corrected chi connectivity index (χ1v) is 10.2. The van der Waals surface area contributed by atoms with Gasteiger partial charge in [0.05, 0.1) is 35.8 Å². The Labute approximate surface area is 190 Å². The molecule has 4 aromatic rings. The second kappa shape index (κ2) is 9.35. The normalized spacial score (nSPS) is 10.6. The van der Waals surface area contributed by atoms with Gasteiger partial charge in [-0.05, 0) is 24.3 Å². The molecular weight excluding hydrogens is 422 g/mol. The van der Waals surface area contributed by atoms with Crippen molar-refractivity contribution in [3.05, 3.63) is 60.7 Å². The number of aromatic nitrogens is 5. The largest absolute Gasteiger partial charge is 0.506 e. The van der Waals surface area contributed by atoms with Crippen LogP contribution in [0, 0.1) is 0 Å². The van der Waals surface area contributed by atoms with E-state index < -0.39 is 0 Å². The molecule has 3 heterocycles. The van der Waals surface area contributed by atoms with Crippen LogP contribution in [0.15, 0.2) is 55.1 Å². The second-order valence-corrected chi connectivity index (χ2v) is 7.17. The zero-order valence-electron chi connectivity index (χ0n) is 18.4. The number of carbonyl (C=O) groups is 1. The molecule has 0 aliphatic carbocycles. The SMILES string of the molecule is CCC(=O)c1cnc(Nc2ccc(O)cn2)cc1Nc1cccc(-c2ncn(C)n2)c1OC. The highest BCUT2D eigenvalue weighted by Crippen LogP contribution is 2.37. The molecule has 0 saturated heterocycles. The van der Waals surface area contributed by atoms with E-state index in [1.807, 2.05) is 18.2 Å². The molecule has 3 aromatic heterocycles. The van der Waals surface area contributed by atoms with Gasteiger partial charge in [-0.3, -0.25) is 9.48 Å². The smallest absolute Gasteiger partial charge is 0.184 e. The fraction of sp³-hybridized carbons (Fsp3) is 0.174. The van der Waals surface area contributed by atoms with Gasteiger partial charge in [-0.1, -0.05) is 13.0 Å². The highest BCUT2D eigenvalue weighted by molar-refractivity contribution is 6.02. The van der Waals surface area contributed by atoms with E-state index in [2.05, 4.69) is 30.7 Å². The maximum Gasteiger partial charge on any atom is 0.184 e. The summed E-state index contributed by atoms with van der Waals surface area (Å²) in [6.07, 6.45) is 4.80. The van der Waals surface area contributed by atoms with Crippen molar-refractivity contribution in [2.45, 2.75) is 13.3 Å². The molecule has 0 radical (unpaired) electrons. The molecule has 1 aromatic carbocycles. The number of para-hydroxylation sites is 1. The molecule has 0 amide bonds. The minimum Gasteiger partial charge on any atom is -0.506 e. The van der Waals surface area contributed by atoms with E-state index in [4.69, 9.17) is 4.74 Å². The Morgan fingerprint density at radius 3 is 2.55 bits per heavy atom. The van der Waals surface area contributed by atoms with E-state index in [9.17, 15) is 9.90 Å². The number of anilines is 4. The van der Waals surface area contributed by atoms with E-state index in [0.29, 0.717) is 52.1 Å². The first kappa shape index (κ1) is 21.8. The molecule has 0 bridgehead atoms. The maximum absolute atomic E-state index is 12.6. The third kappa shape index (κ3) is 4.74. The number of carbonyl (C=O) groups excluding carboxylic acids is 1. The summed E-state index contributed by atoms with van der Waals surface area (Å²) in [4.78, 5) is 25.4. The van der Waals surface area contributed by atoms with Gasteiger partial charge in [-0.2, -0.15) is 5.10 Å². The van der Waals surface area contributed by atoms with Crippen LogP contribution in [-0.2, 0) is 7.05 Å². The number of ketones is 1. The van der Waals surface area contributed by atoms with E-state index in [-0.39, 0.29) is 11.5 Å². The molecule has 0 saturated carbocycles. The fourth-order valence-electron chi connectivity index (χ4n) is 3.27. The molecule has 10 heteroatoms. The predicted octanol–water partition coefficient (Wildman–Crippen LogP) is 4.07. The third-order valence-corrected chi connectivity index (χ3v) is 4.86. The van der Waals surface area contributed by atoms with Crippen LogP contribution in [0.25, 0.3) is 11.4 Å². The van der Waals surface area contributed by atoms with Crippen molar-refractivity contribution in [2.75, 3.05) is 17.7 Å². The zero-order chi connectivity index (χ0) is 23.4. The number of nitrogens with one attached hydrogen (secondary N) is 2. The number of nitrogens with zero attached hydrogens (tertiary/aromatic N) is 5. The minimum atomic E-state index is -0.0548. The molecule has 0 aliphatic heterocycles. The Kier molecular flexibility index (Phi) is 6.16. The van der Waals surface area contributed by atoms with Crippen LogP contribution in [0.2, 0.25) is 0 Å². The van der Waals surface area contributed by atoms with Crippen molar-refractivity contribution in [1.29, 1.82) is 0 Å². The average molecular weight is 445 g/mol. The lowest BCUT2D eigenvalue weighted by molar-refractivity contribution is 0.0988. The van der Waals surface area contributed by atoms with Crippen molar-refractivity contribution in [3.8, 4) is 22.9 Å². The summed E-state index contributed by atoms with van der Waals surface area (Å²) in [5.74, 6) is 2.06. The van der Waals surface area contributed by atoms with Gasteiger partial charge in [-0.25, -0.2) is 15.0 Å². The van der Waals surface area contributed by atoms with Gasteiger partial charge >= 0.3 is 0 Å². The molecule has 0 aliphatic rings. The van der Waals surface area contributed by atoms with Crippen LogP contribution >= 0.6 is 0 Å². The summed E-state index contributed by atoms with van der Waals surface area (Å²) in [6.45, 7) is 1.80. The van der Waals surface area contributed by atoms with Crippen molar-refractivity contribution in [2.24, 2.45) is 7.05 Å². The molecule has 3 N–H and O–H groups in total. The Balaban J connectivity index is 1.73. The summed E-state index contributed by atoms with van der Waals surface area (Å²) >= 11 is 0. The van der Waals surface area contributed by atoms with Gasteiger partial charge in [0.25, 0.3) is 0 Å². The molecule has 0 spiro atoms. The molecule has 10 nitrogen and oxygen atoms in total. The number of pyridine rings is 2. The number of aryl methyl sites for hydroxylation is 1. The lowest BCUT2D eigenvalue weighted by atomic mass is 10.1. The predicted molar refractivity (Wildman–Crippen MR) is 124 cm³/mol. The molecule has 0 fully saturated rings. The van der Waals surface area contributed by atoms with Crippen molar-refractivity contribution >= 4 is 28.8 Å². The summed E-state index contributed by atoms with van der Waals surface area (Å²) < 4.78 is 7.29. The Bertz CT molecular complexity index is 1290. The van der Waals surface area contributed by atoms with Crippen LogP contribution < -0.4 is 15.4 Å². The van der Waals surface area contributed by atoms with E-state index in [1.54, 1.807) is 44.2 Å². The van der Waals surface area contributed by atoms with Gasteiger partial charge in [0.15, 0.2) is 17.4 Å². The monoisotopic (exact) mass is 445 g/mol. The van der Waals surface area contributed by atoms with Crippen LogP contribution in [0.5, 0.6) is 11.5 Å². The van der Waals surface area contributed by atoms with Gasteiger partial charge in [-0.15, -0.1) is 0 Å². The molecule has 33 heavy (non-hydrogen) atoms. The number of aromatic hydroxyl groups is 1. The third-order valence-electron chi connectivity index (χ3n) is 4.86. The lowest BCUT2D eigenvalue weighted by Gasteiger charge is -2.17.